The van der Waals surface area contributed by atoms with Crippen LogP contribution in [-0.2, 0) is 19.6 Å². The Morgan fingerprint density at radius 1 is 1.19 bits per heavy atom. The molecule has 0 radical (unpaired) electrons. The molecule has 0 aliphatic rings. The number of aromatic nitrogens is 2. The molecule has 0 spiro atoms. The van der Waals surface area contributed by atoms with Gasteiger partial charge < -0.3 is 19.3 Å². The van der Waals surface area contributed by atoms with Crippen LogP contribution in [0.15, 0.2) is 22.7 Å². The number of hydrogen-bond acceptors (Lipinski definition) is 6. The number of aryl methyl sites for hydroxylation is 1. The summed E-state index contributed by atoms with van der Waals surface area (Å²) in [4.78, 5) is 4.21. The van der Waals surface area contributed by atoms with E-state index in [2.05, 4.69) is 15.5 Å². The molecule has 0 atom stereocenters. The lowest BCUT2D eigenvalue weighted by atomic mass is 10.2. The molecule has 0 unspecified atom stereocenters. The van der Waals surface area contributed by atoms with Crippen molar-refractivity contribution in [3.05, 3.63) is 35.5 Å². The van der Waals surface area contributed by atoms with Crippen LogP contribution in [-0.4, -0.2) is 23.8 Å². The van der Waals surface area contributed by atoms with E-state index in [0.29, 0.717) is 24.1 Å². The Hall–Kier alpha value is -2.08. The first-order valence-corrected chi connectivity index (χ1v) is 7.11. The van der Waals surface area contributed by atoms with Crippen molar-refractivity contribution in [3.8, 4) is 11.5 Å². The van der Waals surface area contributed by atoms with E-state index in [-0.39, 0.29) is 6.61 Å². The van der Waals surface area contributed by atoms with Crippen molar-refractivity contribution in [1.29, 1.82) is 0 Å². The van der Waals surface area contributed by atoms with Gasteiger partial charge in [-0.25, -0.2) is 0 Å². The molecule has 114 valence electrons. The van der Waals surface area contributed by atoms with Crippen LogP contribution in [0.25, 0.3) is 0 Å². The third kappa shape index (κ3) is 4.19. The standard InChI is InChI=1S/C15H21N3O3/c1-4-14-17-15(21-18-14)10-20-12-7-6-11(9-16-3)8-13(12)19-5-2/h6-8,16H,4-5,9-10H2,1-3H3. The molecule has 2 aromatic rings. The molecule has 1 N–H and O–H groups in total. The summed E-state index contributed by atoms with van der Waals surface area (Å²) in [7, 11) is 1.91. The van der Waals surface area contributed by atoms with E-state index in [1.165, 1.54) is 0 Å². The average Bonchev–Trinajstić information content (AvgIpc) is 2.95. The number of ether oxygens (including phenoxy) is 2. The van der Waals surface area contributed by atoms with E-state index in [1.807, 2.05) is 39.1 Å². The lowest BCUT2D eigenvalue weighted by Crippen LogP contribution is -2.06. The van der Waals surface area contributed by atoms with Crippen LogP contribution in [0.5, 0.6) is 11.5 Å². The number of benzene rings is 1. The second kappa shape index (κ2) is 7.64. The molecule has 0 aliphatic heterocycles. The van der Waals surface area contributed by atoms with E-state index < -0.39 is 0 Å². The Bertz CT molecular complexity index is 569. The monoisotopic (exact) mass is 291 g/mol. The Kier molecular flexibility index (Phi) is 5.57. The Morgan fingerprint density at radius 3 is 2.71 bits per heavy atom. The van der Waals surface area contributed by atoms with Gasteiger partial charge in [0.2, 0.25) is 0 Å². The smallest absolute Gasteiger partial charge is 0.264 e. The highest BCUT2D eigenvalue weighted by atomic mass is 16.5. The highest BCUT2D eigenvalue weighted by Gasteiger charge is 2.10. The summed E-state index contributed by atoms with van der Waals surface area (Å²) in [5, 5.41) is 6.95. The van der Waals surface area contributed by atoms with Gasteiger partial charge in [0, 0.05) is 13.0 Å². The summed E-state index contributed by atoms with van der Waals surface area (Å²) >= 11 is 0. The van der Waals surface area contributed by atoms with Crippen LogP contribution in [0.2, 0.25) is 0 Å². The zero-order chi connectivity index (χ0) is 15.1. The maximum absolute atomic E-state index is 5.73. The van der Waals surface area contributed by atoms with Crippen molar-refractivity contribution >= 4 is 0 Å². The zero-order valence-corrected chi connectivity index (χ0v) is 12.7. The zero-order valence-electron chi connectivity index (χ0n) is 12.7. The molecule has 0 saturated carbocycles. The predicted molar refractivity (Wildman–Crippen MR) is 78.4 cm³/mol. The molecule has 1 aromatic heterocycles. The van der Waals surface area contributed by atoms with Crippen molar-refractivity contribution in [2.24, 2.45) is 0 Å². The number of nitrogens with one attached hydrogen (secondary N) is 1. The minimum Gasteiger partial charge on any atom is -0.490 e. The molecule has 1 aromatic carbocycles. The van der Waals surface area contributed by atoms with Gasteiger partial charge in [-0.05, 0) is 31.7 Å². The van der Waals surface area contributed by atoms with Crippen LogP contribution in [0, 0.1) is 0 Å². The molecule has 0 bridgehead atoms. The topological polar surface area (TPSA) is 69.4 Å². The van der Waals surface area contributed by atoms with Crippen LogP contribution < -0.4 is 14.8 Å². The van der Waals surface area contributed by atoms with Gasteiger partial charge in [0.1, 0.15) is 0 Å². The first-order chi connectivity index (χ1) is 10.3. The van der Waals surface area contributed by atoms with E-state index in [0.717, 1.165) is 24.3 Å². The molecule has 21 heavy (non-hydrogen) atoms. The quantitative estimate of drug-likeness (QED) is 0.805. The first kappa shape index (κ1) is 15.3. The van der Waals surface area contributed by atoms with E-state index in [4.69, 9.17) is 14.0 Å². The maximum atomic E-state index is 5.73. The second-order valence-corrected chi connectivity index (χ2v) is 4.49. The molecule has 2 rings (SSSR count). The third-order valence-corrected chi connectivity index (χ3v) is 2.87. The van der Waals surface area contributed by atoms with Crippen molar-refractivity contribution in [2.75, 3.05) is 13.7 Å². The summed E-state index contributed by atoms with van der Waals surface area (Å²) in [6, 6.07) is 5.87. The maximum Gasteiger partial charge on any atom is 0.264 e. The van der Waals surface area contributed by atoms with Crippen molar-refractivity contribution in [1.82, 2.24) is 15.5 Å². The van der Waals surface area contributed by atoms with Gasteiger partial charge in [0.15, 0.2) is 23.9 Å². The Morgan fingerprint density at radius 2 is 2.05 bits per heavy atom. The summed E-state index contributed by atoms with van der Waals surface area (Å²) < 4.78 is 16.4. The van der Waals surface area contributed by atoms with Crippen molar-refractivity contribution in [2.45, 2.75) is 33.4 Å². The molecular formula is C15H21N3O3. The molecule has 1 heterocycles. The fourth-order valence-electron chi connectivity index (χ4n) is 1.89. The average molecular weight is 291 g/mol. The first-order valence-electron chi connectivity index (χ1n) is 7.11. The molecule has 0 amide bonds. The van der Waals surface area contributed by atoms with E-state index in [9.17, 15) is 0 Å². The lowest BCUT2D eigenvalue weighted by molar-refractivity contribution is 0.228. The fraction of sp³-hybridized carbons (Fsp3) is 0.467. The van der Waals surface area contributed by atoms with Gasteiger partial charge in [0.05, 0.1) is 6.61 Å². The Labute approximate surface area is 124 Å². The molecule has 6 heteroatoms. The molecule has 0 fully saturated rings. The molecular weight excluding hydrogens is 270 g/mol. The lowest BCUT2D eigenvalue weighted by Gasteiger charge is -2.12. The number of nitrogens with zero attached hydrogens (tertiary/aromatic N) is 2. The number of hydrogen-bond donors (Lipinski definition) is 1. The predicted octanol–water partition coefficient (Wildman–Crippen LogP) is 2.33. The highest BCUT2D eigenvalue weighted by molar-refractivity contribution is 5.43. The van der Waals surface area contributed by atoms with Crippen LogP contribution in [0.4, 0.5) is 0 Å². The van der Waals surface area contributed by atoms with Crippen LogP contribution in [0.1, 0.15) is 31.1 Å². The molecule has 0 saturated heterocycles. The van der Waals surface area contributed by atoms with Crippen LogP contribution >= 0.6 is 0 Å². The largest absolute Gasteiger partial charge is 0.490 e. The molecule has 0 aliphatic carbocycles. The van der Waals surface area contributed by atoms with Gasteiger partial charge in [-0.3, -0.25) is 0 Å². The minimum atomic E-state index is 0.235. The summed E-state index contributed by atoms with van der Waals surface area (Å²) in [5.41, 5.74) is 1.14. The normalized spacial score (nSPS) is 10.6. The van der Waals surface area contributed by atoms with Gasteiger partial charge in [-0.15, -0.1) is 0 Å². The number of rotatable bonds is 8. The van der Waals surface area contributed by atoms with E-state index >= 15 is 0 Å². The SMILES string of the molecule is CCOc1cc(CNC)ccc1OCc1nc(CC)no1. The van der Waals surface area contributed by atoms with Crippen molar-refractivity contribution < 1.29 is 14.0 Å². The molecule has 6 nitrogen and oxygen atoms in total. The van der Waals surface area contributed by atoms with Gasteiger partial charge >= 0.3 is 0 Å². The summed E-state index contributed by atoms with van der Waals surface area (Å²) in [6.07, 6.45) is 0.742. The Balaban J connectivity index is 2.07. The second-order valence-electron chi connectivity index (χ2n) is 4.49. The summed E-state index contributed by atoms with van der Waals surface area (Å²) in [5.74, 6) is 2.55. The minimum absolute atomic E-state index is 0.235. The third-order valence-electron chi connectivity index (χ3n) is 2.87. The summed E-state index contributed by atoms with van der Waals surface area (Å²) in [6.45, 7) is 5.52. The van der Waals surface area contributed by atoms with Gasteiger partial charge in [-0.2, -0.15) is 4.98 Å². The van der Waals surface area contributed by atoms with E-state index in [1.54, 1.807) is 0 Å². The van der Waals surface area contributed by atoms with Crippen LogP contribution in [0.3, 0.4) is 0 Å². The van der Waals surface area contributed by atoms with Gasteiger partial charge in [0.25, 0.3) is 5.89 Å². The fourth-order valence-corrected chi connectivity index (χ4v) is 1.89. The highest BCUT2D eigenvalue weighted by Crippen LogP contribution is 2.29. The van der Waals surface area contributed by atoms with Crippen molar-refractivity contribution in [3.63, 3.8) is 0 Å². The van der Waals surface area contributed by atoms with Gasteiger partial charge in [-0.1, -0.05) is 18.1 Å².